The van der Waals surface area contributed by atoms with E-state index in [4.69, 9.17) is 9.84 Å². The van der Waals surface area contributed by atoms with Crippen molar-refractivity contribution in [1.82, 2.24) is 9.80 Å². The number of piperazine rings is 1. The molecule has 102 valence electrons. The molecule has 1 amide bonds. The minimum absolute atomic E-state index is 0.601. The highest BCUT2D eigenvalue weighted by atomic mass is 16.5. The van der Waals surface area contributed by atoms with Crippen molar-refractivity contribution in [3.05, 3.63) is 29.3 Å². The highest BCUT2D eigenvalue weighted by Crippen LogP contribution is 2.26. The van der Waals surface area contributed by atoms with Gasteiger partial charge in [-0.3, -0.25) is 4.90 Å². The summed E-state index contributed by atoms with van der Waals surface area (Å²) in [5.41, 5.74) is 2.58. The van der Waals surface area contributed by atoms with E-state index in [1.54, 1.807) is 0 Å². The van der Waals surface area contributed by atoms with Crippen molar-refractivity contribution in [2.45, 2.75) is 13.0 Å². The molecule has 0 aromatic heterocycles. The number of fused-ring (bicyclic) bond motifs is 1. The minimum atomic E-state index is -0.811. The van der Waals surface area contributed by atoms with E-state index in [1.807, 2.05) is 6.07 Å². The van der Waals surface area contributed by atoms with Crippen LogP contribution in [-0.4, -0.2) is 53.8 Å². The molecule has 0 spiro atoms. The zero-order chi connectivity index (χ0) is 13.2. The Morgan fingerprint density at radius 2 is 2.05 bits per heavy atom. The van der Waals surface area contributed by atoms with E-state index >= 15 is 0 Å². The third-order valence-electron chi connectivity index (χ3n) is 3.80. The number of ether oxygens (including phenoxy) is 1. The number of carbonyl (C=O) groups is 1. The maximum absolute atomic E-state index is 10.8. The first-order valence-corrected chi connectivity index (χ1v) is 6.67. The van der Waals surface area contributed by atoms with E-state index in [-0.39, 0.29) is 0 Å². The Bertz CT molecular complexity index is 482. The molecule has 0 aliphatic carbocycles. The fourth-order valence-corrected chi connectivity index (χ4v) is 2.69. The largest absolute Gasteiger partial charge is 0.493 e. The fraction of sp³-hybridized carbons (Fsp3) is 0.500. The molecule has 1 saturated heterocycles. The summed E-state index contributed by atoms with van der Waals surface area (Å²) in [5.74, 6) is 1.01. The van der Waals surface area contributed by atoms with E-state index in [0.29, 0.717) is 13.1 Å². The van der Waals surface area contributed by atoms with Gasteiger partial charge in [-0.1, -0.05) is 12.1 Å². The summed E-state index contributed by atoms with van der Waals surface area (Å²) in [6.07, 6.45) is 0.185. The van der Waals surface area contributed by atoms with Gasteiger partial charge >= 0.3 is 6.09 Å². The van der Waals surface area contributed by atoms with E-state index in [9.17, 15) is 4.79 Å². The Labute approximate surface area is 112 Å². The summed E-state index contributed by atoms with van der Waals surface area (Å²) in [6, 6.07) is 6.37. The molecule has 2 aliphatic rings. The summed E-state index contributed by atoms with van der Waals surface area (Å²) in [5, 5.41) is 8.91. The lowest BCUT2D eigenvalue weighted by Gasteiger charge is -2.33. The molecule has 1 N–H and O–H groups in total. The summed E-state index contributed by atoms with van der Waals surface area (Å²) in [4.78, 5) is 14.6. The number of hydrogen-bond donors (Lipinski definition) is 1. The lowest BCUT2D eigenvalue weighted by molar-refractivity contribution is 0.103. The molecule has 2 heterocycles. The Morgan fingerprint density at radius 3 is 2.79 bits per heavy atom. The fourth-order valence-electron chi connectivity index (χ4n) is 2.69. The van der Waals surface area contributed by atoms with Crippen molar-refractivity contribution in [2.75, 3.05) is 32.8 Å². The molecule has 0 unspecified atom stereocenters. The number of carboxylic acid groups (broad SMARTS) is 1. The number of nitrogens with zero attached hydrogens (tertiary/aromatic N) is 2. The van der Waals surface area contributed by atoms with Crippen LogP contribution in [0, 0.1) is 0 Å². The van der Waals surface area contributed by atoms with Gasteiger partial charge in [0, 0.05) is 39.1 Å². The molecule has 0 saturated carbocycles. The first kappa shape index (κ1) is 12.3. The molecule has 1 fully saturated rings. The van der Waals surface area contributed by atoms with Gasteiger partial charge in [0.15, 0.2) is 0 Å². The van der Waals surface area contributed by atoms with E-state index in [0.717, 1.165) is 38.4 Å². The molecule has 5 heteroatoms. The van der Waals surface area contributed by atoms with Gasteiger partial charge in [0.2, 0.25) is 0 Å². The SMILES string of the molecule is O=C(O)N1CCN(Cc2ccc3c(c2)CCO3)CC1. The summed E-state index contributed by atoms with van der Waals surface area (Å²) < 4.78 is 5.50. The Hall–Kier alpha value is -1.75. The van der Waals surface area contributed by atoms with Crippen molar-refractivity contribution in [1.29, 1.82) is 0 Å². The van der Waals surface area contributed by atoms with Crippen molar-refractivity contribution in [3.8, 4) is 5.75 Å². The number of amides is 1. The van der Waals surface area contributed by atoms with Gasteiger partial charge < -0.3 is 14.7 Å². The minimum Gasteiger partial charge on any atom is -0.493 e. The van der Waals surface area contributed by atoms with Crippen LogP contribution in [0.5, 0.6) is 5.75 Å². The van der Waals surface area contributed by atoms with Crippen LogP contribution in [-0.2, 0) is 13.0 Å². The van der Waals surface area contributed by atoms with Crippen molar-refractivity contribution >= 4 is 6.09 Å². The summed E-state index contributed by atoms with van der Waals surface area (Å²) in [7, 11) is 0. The molecular formula is C14H18N2O3. The smallest absolute Gasteiger partial charge is 0.407 e. The van der Waals surface area contributed by atoms with Gasteiger partial charge in [-0.15, -0.1) is 0 Å². The van der Waals surface area contributed by atoms with Gasteiger partial charge in [-0.2, -0.15) is 0 Å². The first-order chi connectivity index (χ1) is 9.22. The molecule has 0 atom stereocenters. The highest BCUT2D eigenvalue weighted by molar-refractivity contribution is 5.65. The van der Waals surface area contributed by atoms with Crippen LogP contribution in [0.3, 0.4) is 0 Å². The average Bonchev–Trinajstić information content (AvgIpc) is 2.87. The standard InChI is InChI=1S/C14H18N2O3/c17-14(18)16-6-4-15(5-7-16)10-11-1-2-13-12(9-11)3-8-19-13/h1-2,9H,3-8,10H2,(H,17,18). The molecule has 0 radical (unpaired) electrons. The topological polar surface area (TPSA) is 53.0 Å². The molecule has 5 nitrogen and oxygen atoms in total. The average molecular weight is 262 g/mol. The number of benzene rings is 1. The second-order valence-corrected chi connectivity index (χ2v) is 5.09. The number of rotatable bonds is 2. The van der Waals surface area contributed by atoms with Crippen LogP contribution in [0.1, 0.15) is 11.1 Å². The quantitative estimate of drug-likeness (QED) is 0.875. The van der Waals surface area contributed by atoms with Crippen molar-refractivity contribution in [2.24, 2.45) is 0 Å². The van der Waals surface area contributed by atoms with Crippen LogP contribution < -0.4 is 4.74 Å². The van der Waals surface area contributed by atoms with Crippen molar-refractivity contribution < 1.29 is 14.6 Å². The molecule has 1 aromatic rings. The zero-order valence-corrected chi connectivity index (χ0v) is 10.8. The van der Waals surface area contributed by atoms with Crippen LogP contribution >= 0.6 is 0 Å². The maximum atomic E-state index is 10.8. The van der Waals surface area contributed by atoms with Gasteiger partial charge in [0.1, 0.15) is 5.75 Å². The molecule has 0 bridgehead atoms. The molecule has 2 aliphatic heterocycles. The van der Waals surface area contributed by atoms with Crippen LogP contribution in [0.25, 0.3) is 0 Å². The zero-order valence-electron chi connectivity index (χ0n) is 10.8. The van der Waals surface area contributed by atoms with Gasteiger partial charge in [-0.25, -0.2) is 4.79 Å². The van der Waals surface area contributed by atoms with Crippen LogP contribution in [0.2, 0.25) is 0 Å². The van der Waals surface area contributed by atoms with E-state index in [2.05, 4.69) is 17.0 Å². The number of hydrogen-bond acceptors (Lipinski definition) is 3. The van der Waals surface area contributed by atoms with Crippen LogP contribution in [0.4, 0.5) is 4.79 Å². The Kier molecular flexibility index (Phi) is 3.29. The van der Waals surface area contributed by atoms with Gasteiger partial charge in [-0.05, 0) is 17.2 Å². The Balaban J connectivity index is 1.59. The third-order valence-corrected chi connectivity index (χ3v) is 3.80. The van der Waals surface area contributed by atoms with E-state index in [1.165, 1.54) is 16.0 Å². The molecule has 3 rings (SSSR count). The maximum Gasteiger partial charge on any atom is 0.407 e. The lowest BCUT2D eigenvalue weighted by Crippen LogP contribution is -2.47. The summed E-state index contributed by atoms with van der Waals surface area (Å²) >= 11 is 0. The second-order valence-electron chi connectivity index (χ2n) is 5.09. The second kappa shape index (κ2) is 5.09. The third kappa shape index (κ3) is 2.66. The van der Waals surface area contributed by atoms with Gasteiger partial charge in [0.05, 0.1) is 6.61 Å². The predicted octanol–water partition coefficient (Wildman–Crippen LogP) is 1.42. The molecule has 1 aromatic carbocycles. The molecule has 19 heavy (non-hydrogen) atoms. The monoisotopic (exact) mass is 262 g/mol. The molecular weight excluding hydrogens is 244 g/mol. The highest BCUT2D eigenvalue weighted by Gasteiger charge is 2.20. The predicted molar refractivity (Wildman–Crippen MR) is 70.5 cm³/mol. The Morgan fingerprint density at radius 1 is 1.26 bits per heavy atom. The van der Waals surface area contributed by atoms with Crippen LogP contribution in [0.15, 0.2) is 18.2 Å². The van der Waals surface area contributed by atoms with E-state index < -0.39 is 6.09 Å². The van der Waals surface area contributed by atoms with Gasteiger partial charge in [0.25, 0.3) is 0 Å². The summed E-state index contributed by atoms with van der Waals surface area (Å²) in [6.45, 7) is 4.49. The normalized spacial score (nSPS) is 19.1. The lowest BCUT2D eigenvalue weighted by atomic mass is 10.1. The first-order valence-electron chi connectivity index (χ1n) is 6.67. The van der Waals surface area contributed by atoms with Crippen molar-refractivity contribution in [3.63, 3.8) is 0 Å².